The van der Waals surface area contributed by atoms with Crippen LogP contribution in [0.25, 0.3) is 0 Å². The maximum atomic E-state index is 12.4. The molecule has 21 heavy (non-hydrogen) atoms. The minimum absolute atomic E-state index is 0.234. The predicted octanol–water partition coefficient (Wildman–Crippen LogP) is 3.01. The maximum absolute atomic E-state index is 12.4. The van der Waals surface area contributed by atoms with E-state index in [1.165, 1.54) is 10.9 Å². The Balaban J connectivity index is 2.26. The average molecular weight is 326 g/mol. The van der Waals surface area contributed by atoms with Crippen LogP contribution in [0.1, 0.15) is 13.8 Å². The van der Waals surface area contributed by atoms with Crippen molar-refractivity contribution < 1.29 is 9.00 Å². The van der Waals surface area contributed by atoms with Crippen molar-refractivity contribution in [2.75, 3.05) is 13.1 Å². The van der Waals surface area contributed by atoms with E-state index < -0.39 is 10.8 Å². The van der Waals surface area contributed by atoms with Gasteiger partial charge in [0.2, 0.25) is 0 Å². The van der Waals surface area contributed by atoms with Crippen LogP contribution in [0.2, 0.25) is 5.02 Å². The molecule has 0 N–H and O–H groups in total. The molecule has 0 radical (unpaired) electrons. The number of aromatic nitrogens is 2. The Morgan fingerprint density at radius 3 is 2.57 bits per heavy atom. The lowest BCUT2D eigenvalue weighted by atomic mass is 10.4. The zero-order chi connectivity index (χ0) is 15.4. The number of carbonyl (C=O) groups excluding carboxylic acids is 1. The molecule has 1 heterocycles. The summed E-state index contributed by atoms with van der Waals surface area (Å²) < 4.78 is 13.6. The van der Waals surface area contributed by atoms with E-state index in [1.54, 1.807) is 35.2 Å². The van der Waals surface area contributed by atoms with E-state index in [1.807, 2.05) is 13.8 Å². The van der Waals surface area contributed by atoms with Gasteiger partial charge < -0.3 is 4.90 Å². The zero-order valence-corrected chi connectivity index (χ0v) is 13.4. The van der Waals surface area contributed by atoms with E-state index in [2.05, 4.69) is 5.10 Å². The van der Waals surface area contributed by atoms with Crippen molar-refractivity contribution in [1.82, 2.24) is 14.7 Å². The molecule has 1 aromatic heterocycles. The molecule has 0 saturated heterocycles. The molecular weight excluding hydrogens is 310 g/mol. The minimum atomic E-state index is -1.51. The van der Waals surface area contributed by atoms with Gasteiger partial charge in [0.05, 0.1) is 9.92 Å². The van der Waals surface area contributed by atoms with E-state index in [0.717, 1.165) is 0 Å². The highest BCUT2D eigenvalue weighted by molar-refractivity contribution is 7.85. The van der Waals surface area contributed by atoms with Gasteiger partial charge >= 0.3 is 6.03 Å². The van der Waals surface area contributed by atoms with Crippen LogP contribution in [0.3, 0.4) is 0 Å². The van der Waals surface area contributed by atoms with Gasteiger partial charge in [0.1, 0.15) is 10.8 Å². The molecule has 0 fully saturated rings. The first-order valence-electron chi connectivity index (χ1n) is 6.59. The second-order valence-electron chi connectivity index (χ2n) is 4.25. The molecule has 2 rings (SSSR count). The van der Waals surface area contributed by atoms with Crippen LogP contribution in [0.5, 0.6) is 0 Å². The molecule has 0 aliphatic carbocycles. The van der Waals surface area contributed by atoms with Gasteiger partial charge in [-0.1, -0.05) is 23.7 Å². The molecule has 1 unspecified atom stereocenters. The lowest BCUT2D eigenvalue weighted by Crippen LogP contribution is -2.34. The summed E-state index contributed by atoms with van der Waals surface area (Å²) in [6.07, 6.45) is 1.52. The molecule has 1 amide bonds. The summed E-state index contributed by atoms with van der Waals surface area (Å²) in [4.78, 5) is 14.3. The molecule has 0 spiro atoms. The monoisotopic (exact) mass is 325 g/mol. The Kier molecular flexibility index (Phi) is 5.14. The van der Waals surface area contributed by atoms with Crippen LogP contribution >= 0.6 is 11.6 Å². The number of halogens is 1. The van der Waals surface area contributed by atoms with E-state index in [0.29, 0.717) is 28.0 Å². The van der Waals surface area contributed by atoms with Gasteiger partial charge in [0, 0.05) is 19.3 Å². The van der Waals surface area contributed by atoms with Crippen molar-refractivity contribution in [2.24, 2.45) is 0 Å². The number of hydrogen-bond donors (Lipinski definition) is 0. The van der Waals surface area contributed by atoms with Crippen LogP contribution in [-0.2, 0) is 10.8 Å². The van der Waals surface area contributed by atoms with Crippen molar-refractivity contribution in [3.05, 3.63) is 41.6 Å². The smallest absolute Gasteiger partial charge is 0.323 e. The van der Waals surface area contributed by atoms with Crippen molar-refractivity contribution in [3.63, 3.8) is 0 Å². The van der Waals surface area contributed by atoms with Crippen molar-refractivity contribution in [1.29, 1.82) is 0 Å². The third kappa shape index (κ3) is 3.33. The first-order chi connectivity index (χ1) is 10.1. The van der Waals surface area contributed by atoms with Crippen LogP contribution in [0.4, 0.5) is 4.79 Å². The number of rotatable bonds is 4. The molecule has 0 aliphatic rings. The van der Waals surface area contributed by atoms with Gasteiger partial charge in [0.15, 0.2) is 5.03 Å². The minimum Gasteiger partial charge on any atom is -0.323 e. The van der Waals surface area contributed by atoms with Gasteiger partial charge in [-0.3, -0.25) is 0 Å². The molecule has 0 bridgehead atoms. The average Bonchev–Trinajstić information content (AvgIpc) is 2.98. The van der Waals surface area contributed by atoms with Crippen molar-refractivity contribution >= 4 is 28.4 Å². The number of hydrogen-bond acceptors (Lipinski definition) is 3. The number of benzene rings is 1. The van der Waals surface area contributed by atoms with Gasteiger partial charge in [-0.15, -0.1) is 0 Å². The van der Waals surface area contributed by atoms with Crippen LogP contribution in [-0.4, -0.2) is 38.0 Å². The van der Waals surface area contributed by atoms with Gasteiger partial charge in [-0.2, -0.15) is 9.78 Å². The predicted molar refractivity (Wildman–Crippen MR) is 82.1 cm³/mol. The first-order valence-corrected chi connectivity index (χ1v) is 8.12. The lowest BCUT2D eigenvalue weighted by molar-refractivity contribution is 0.201. The fraction of sp³-hybridized carbons (Fsp3) is 0.286. The Morgan fingerprint density at radius 1 is 1.29 bits per heavy atom. The summed E-state index contributed by atoms with van der Waals surface area (Å²) in [6.45, 7) is 4.98. The Morgan fingerprint density at radius 2 is 1.95 bits per heavy atom. The third-order valence-corrected chi connectivity index (χ3v) is 4.82. The Bertz CT molecular complexity index is 668. The number of amides is 1. The molecule has 1 aromatic carbocycles. The van der Waals surface area contributed by atoms with Crippen molar-refractivity contribution in [3.8, 4) is 0 Å². The zero-order valence-electron chi connectivity index (χ0n) is 11.8. The quantitative estimate of drug-likeness (QED) is 0.868. The van der Waals surface area contributed by atoms with Crippen molar-refractivity contribution in [2.45, 2.75) is 23.8 Å². The standard InChI is InChI=1S/C14H16ClN3O2S/c1-3-17(4-2)14(19)18-10-9-13(16-18)21(20)12-8-6-5-7-11(12)15/h5-10H,3-4H2,1-2H3. The summed E-state index contributed by atoms with van der Waals surface area (Å²) in [5.41, 5.74) is 0. The van der Waals surface area contributed by atoms with Crippen LogP contribution < -0.4 is 0 Å². The highest BCUT2D eigenvalue weighted by atomic mass is 35.5. The number of carbonyl (C=O) groups is 1. The Labute approximate surface area is 131 Å². The third-order valence-electron chi connectivity index (χ3n) is 3.02. The van der Waals surface area contributed by atoms with E-state index in [9.17, 15) is 9.00 Å². The molecule has 1 atom stereocenters. The van der Waals surface area contributed by atoms with Crippen LogP contribution in [0.15, 0.2) is 46.5 Å². The highest BCUT2D eigenvalue weighted by Crippen LogP contribution is 2.22. The van der Waals surface area contributed by atoms with Crippen LogP contribution in [0, 0.1) is 0 Å². The molecule has 5 nitrogen and oxygen atoms in total. The fourth-order valence-electron chi connectivity index (χ4n) is 1.86. The number of nitrogens with zero attached hydrogens (tertiary/aromatic N) is 3. The normalized spacial score (nSPS) is 12.1. The topological polar surface area (TPSA) is 55.2 Å². The molecule has 7 heteroatoms. The summed E-state index contributed by atoms with van der Waals surface area (Å²) in [5.74, 6) is 0. The second-order valence-corrected chi connectivity index (χ2v) is 6.06. The largest absolute Gasteiger partial charge is 0.344 e. The lowest BCUT2D eigenvalue weighted by Gasteiger charge is -2.17. The molecule has 112 valence electrons. The summed E-state index contributed by atoms with van der Waals surface area (Å²) in [6, 6.07) is 8.22. The summed E-state index contributed by atoms with van der Waals surface area (Å²) >= 11 is 6.03. The molecule has 0 saturated carbocycles. The molecule has 2 aromatic rings. The van der Waals surface area contributed by atoms with E-state index >= 15 is 0 Å². The Hall–Kier alpha value is -1.66. The maximum Gasteiger partial charge on any atom is 0.344 e. The molecule has 0 aliphatic heterocycles. The van der Waals surface area contributed by atoms with E-state index in [4.69, 9.17) is 11.6 Å². The van der Waals surface area contributed by atoms with E-state index in [-0.39, 0.29) is 6.03 Å². The second kappa shape index (κ2) is 6.87. The summed E-state index contributed by atoms with van der Waals surface area (Å²) in [5, 5.41) is 4.84. The molecular formula is C14H16ClN3O2S. The fourth-order valence-corrected chi connectivity index (χ4v) is 3.22. The first kappa shape index (κ1) is 15.7. The van der Waals surface area contributed by atoms with Gasteiger partial charge in [0.25, 0.3) is 0 Å². The highest BCUT2D eigenvalue weighted by Gasteiger charge is 2.17. The van der Waals surface area contributed by atoms with Gasteiger partial charge in [-0.05, 0) is 32.0 Å². The SMILES string of the molecule is CCN(CC)C(=O)n1ccc(S(=O)c2ccccc2Cl)n1. The van der Waals surface area contributed by atoms with Gasteiger partial charge in [-0.25, -0.2) is 9.00 Å². The summed E-state index contributed by atoms with van der Waals surface area (Å²) in [7, 11) is -1.51.